The van der Waals surface area contributed by atoms with Crippen molar-refractivity contribution in [3.05, 3.63) is 69.3 Å². The lowest BCUT2D eigenvalue weighted by Crippen LogP contribution is -2.28. The monoisotopic (exact) mass is 357 g/mol. The summed E-state index contributed by atoms with van der Waals surface area (Å²) in [7, 11) is 1.53. The maximum atomic E-state index is 12.6. The minimum absolute atomic E-state index is 0.136. The van der Waals surface area contributed by atoms with E-state index in [0.717, 1.165) is 0 Å². The number of hydrogen-bond acceptors (Lipinski definition) is 5. The summed E-state index contributed by atoms with van der Waals surface area (Å²) >= 11 is 0. The molecular formula is C18H19N3O5. The molecule has 0 aromatic heterocycles. The fraction of sp³-hybridized carbons (Fsp3) is 0.222. The molecule has 0 atom stereocenters. The van der Waals surface area contributed by atoms with E-state index < -0.39 is 10.8 Å². The average Bonchev–Trinajstić information content (AvgIpc) is 2.62. The zero-order valence-corrected chi connectivity index (χ0v) is 14.4. The first-order valence-electron chi connectivity index (χ1n) is 7.87. The number of ether oxygens (including phenoxy) is 1. The molecule has 2 rings (SSSR count). The van der Waals surface area contributed by atoms with Gasteiger partial charge in [0.2, 0.25) is 0 Å². The van der Waals surface area contributed by atoms with Crippen LogP contribution in [0.25, 0.3) is 0 Å². The number of nitrogens with zero attached hydrogens (tertiary/aromatic N) is 1. The van der Waals surface area contributed by atoms with Crippen LogP contribution in [-0.2, 0) is 4.74 Å². The van der Waals surface area contributed by atoms with Crippen LogP contribution in [0.4, 0.5) is 11.4 Å². The quantitative estimate of drug-likeness (QED) is 0.449. The smallest absolute Gasteiger partial charge is 0.273 e. The standard InChI is InChI=1S/C18H19N3O5/c1-12-13(7-5-9-16(12)21(24)25)18(23)20-15-8-4-3-6-14(15)17(22)19-10-11-26-2/h3-9H,10-11H2,1-2H3,(H,19,22)(H,20,23). The van der Waals surface area contributed by atoms with Gasteiger partial charge in [0.15, 0.2) is 0 Å². The average molecular weight is 357 g/mol. The van der Waals surface area contributed by atoms with Gasteiger partial charge in [-0.25, -0.2) is 0 Å². The SMILES string of the molecule is COCCNC(=O)c1ccccc1NC(=O)c1cccc([N+](=O)[O-])c1C. The van der Waals surface area contributed by atoms with Crippen molar-refractivity contribution in [2.75, 3.05) is 25.6 Å². The van der Waals surface area contributed by atoms with E-state index >= 15 is 0 Å². The molecule has 0 aliphatic carbocycles. The van der Waals surface area contributed by atoms with E-state index in [4.69, 9.17) is 4.74 Å². The van der Waals surface area contributed by atoms with Gasteiger partial charge in [0.25, 0.3) is 17.5 Å². The Morgan fingerprint density at radius 2 is 1.77 bits per heavy atom. The van der Waals surface area contributed by atoms with Gasteiger partial charge in [0, 0.05) is 30.8 Å². The molecule has 2 aromatic carbocycles. The molecule has 26 heavy (non-hydrogen) atoms. The maximum absolute atomic E-state index is 12.6. The fourth-order valence-electron chi connectivity index (χ4n) is 2.41. The van der Waals surface area contributed by atoms with Gasteiger partial charge in [-0.3, -0.25) is 19.7 Å². The molecule has 0 fully saturated rings. The van der Waals surface area contributed by atoms with E-state index in [1.54, 1.807) is 24.3 Å². The zero-order chi connectivity index (χ0) is 19.1. The Hall–Kier alpha value is -3.26. The predicted molar refractivity (Wildman–Crippen MR) is 96.4 cm³/mol. The Balaban J connectivity index is 2.24. The Morgan fingerprint density at radius 1 is 1.08 bits per heavy atom. The molecule has 0 radical (unpaired) electrons. The lowest BCUT2D eigenvalue weighted by atomic mass is 10.1. The van der Waals surface area contributed by atoms with Crippen LogP contribution in [-0.4, -0.2) is 37.0 Å². The summed E-state index contributed by atoms with van der Waals surface area (Å²) in [6.45, 7) is 2.21. The number of nitro groups is 1. The van der Waals surface area contributed by atoms with E-state index in [2.05, 4.69) is 10.6 Å². The van der Waals surface area contributed by atoms with E-state index in [0.29, 0.717) is 24.4 Å². The van der Waals surface area contributed by atoms with Crippen LogP contribution >= 0.6 is 0 Å². The molecular weight excluding hydrogens is 338 g/mol. The summed E-state index contributed by atoms with van der Waals surface area (Å²) in [4.78, 5) is 35.3. The Bertz CT molecular complexity index is 835. The molecule has 2 amide bonds. The number of carbonyl (C=O) groups is 2. The molecule has 0 saturated heterocycles. The number of anilines is 1. The maximum Gasteiger partial charge on any atom is 0.273 e. The van der Waals surface area contributed by atoms with Crippen LogP contribution in [0.3, 0.4) is 0 Å². The van der Waals surface area contributed by atoms with Crippen LogP contribution in [0, 0.1) is 17.0 Å². The van der Waals surface area contributed by atoms with Crippen molar-refractivity contribution in [2.45, 2.75) is 6.92 Å². The Morgan fingerprint density at radius 3 is 2.46 bits per heavy atom. The zero-order valence-electron chi connectivity index (χ0n) is 14.4. The second kappa shape index (κ2) is 8.72. The van der Waals surface area contributed by atoms with E-state index in [1.807, 2.05) is 0 Å². The first-order valence-corrected chi connectivity index (χ1v) is 7.87. The summed E-state index contributed by atoms with van der Waals surface area (Å²) in [6.07, 6.45) is 0. The number of amides is 2. The number of carbonyl (C=O) groups excluding carboxylic acids is 2. The Labute approximate surface area is 150 Å². The van der Waals surface area contributed by atoms with Gasteiger partial charge in [-0.05, 0) is 25.1 Å². The van der Waals surface area contributed by atoms with Crippen molar-refractivity contribution < 1.29 is 19.2 Å². The highest BCUT2D eigenvalue weighted by molar-refractivity contribution is 6.09. The predicted octanol–water partition coefficient (Wildman–Crippen LogP) is 2.53. The van der Waals surface area contributed by atoms with Crippen molar-refractivity contribution >= 4 is 23.2 Å². The highest BCUT2D eigenvalue weighted by Gasteiger charge is 2.19. The molecule has 0 aliphatic rings. The first-order chi connectivity index (χ1) is 12.5. The number of nitrogens with one attached hydrogen (secondary N) is 2. The van der Waals surface area contributed by atoms with Crippen LogP contribution < -0.4 is 10.6 Å². The molecule has 0 bridgehead atoms. The molecule has 0 unspecified atom stereocenters. The highest BCUT2D eigenvalue weighted by atomic mass is 16.6. The Kier molecular flexibility index (Phi) is 6.40. The largest absolute Gasteiger partial charge is 0.383 e. The van der Waals surface area contributed by atoms with Gasteiger partial charge in [0.05, 0.1) is 22.8 Å². The minimum Gasteiger partial charge on any atom is -0.383 e. The second-order valence-electron chi connectivity index (χ2n) is 5.46. The summed E-state index contributed by atoms with van der Waals surface area (Å²) in [5.74, 6) is -0.878. The second-order valence-corrected chi connectivity index (χ2v) is 5.46. The number of rotatable bonds is 7. The topological polar surface area (TPSA) is 111 Å². The molecule has 2 aromatic rings. The molecule has 0 spiro atoms. The van der Waals surface area contributed by atoms with Crippen LogP contribution in [0.2, 0.25) is 0 Å². The van der Waals surface area contributed by atoms with Gasteiger partial charge in [-0.2, -0.15) is 0 Å². The number of methoxy groups -OCH3 is 1. The van der Waals surface area contributed by atoms with Crippen LogP contribution in [0.1, 0.15) is 26.3 Å². The van der Waals surface area contributed by atoms with Gasteiger partial charge in [-0.1, -0.05) is 18.2 Å². The van der Waals surface area contributed by atoms with Gasteiger partial charge >= 0.3 is 0 Å². The molecule has 8 nitrogen and oxygen atoms in total. The van der Waals surface area contributed by atoms with E-state index in [9.17, 15) is 19.7 Å². The summed E-state index contributed by atoms with van der Waals surface area (Å²) < 4.78 is 4.88. The highest BCUT2D eigenvalue weighted by Crippen LogP contribution is 2.23. The number of hydrogen-bond donors (Lipinski definition) is 2. The van der Waals surface area contributed by atoms with Crippen molar-refractivity contribution in [3.8, 4) is 0 Å². The summed E-state index contributed by atoms with van der Waals surface area (Å²) in [5.41, 5.74) is 0.910. The van der Waals surface area contributed by atoms with Crippen LogP contribution in [0.15, 0.2) is 42.5 Å². The van der Waals surface area contributed by atoms with Gasteiger partial charge in [0.1, 0.15) is 0 Å². The van der Waals surface area contributed by atoms with Gasteiger partial charge in [-0.15, -0.1) is 0 Å². The van der Waals surface area contributed by atoms with Crippen molar-refractivity contribution in [1.82, 2.24) is 5.32 Å². The third-order valence-electron chi connectivity index (χ3n) is 3.76. The normalized spacial score (nSPS) is 10.2. The van der Waals surface area contributed by atoms with E-state index in [1.165, 1.54) is 32.2 Å². The molecule has 8 heteroatoms. The molecule has 0 heterocycles. The lowest BCUT2D eigenvalue weighted by Gasteiger charge is -2.12. The molecule has 136 valence electrons. The summed E-state index contributed by atoms with van der Waals surface area (Å²) in [5, 5.41) is 16.4. The van der Waals surface area contributed by atoms with Crippen molar-refractivity contribution in [3.63, 3.8) is 0 Å². The lowest BCUT2D eigenvalue weighted by molar-refractivity contribution is -0.385. The number of benzene rings is 2. The minimum atomic E-state index is -0.538. The number of nitro benzene ring substituents is 1. The molecule has 0 saturated carbocycles. The van der Waals surface area contributed by atoms with Crippen molar-refractivity contribution in [2.24, 2.45) is 0 Å². The third kappa shape index (κ3) is 4.42. The molecule has 0 aliphatic heterocycles. The number of para-hydroxylation sites is 1. The third-order valence-corrected chi connectivity index (χ3v) is 3.76. The van der Waals surface area contributed by atoms with Gasteiger partial charge < -0.3 is 15.4 Å². The molecule has 2 N–H and O–H groups in total. The van der Waals surface area contributed by atoms with Crippen molar-refractivity contribution in [1.29, 1.82) is 0 Å². The van der Waals surface area contributed by atoms with Crippen LogP contribution in [0.5, 0.6) is 0 Å². The first kappa shape index (κ1) is 19.1. The van der Waals surface area contributed by atoms with E-state index in [-0.39, 0.29) is 22.7 Å². The summed E-state index contributed by atoms with van der Waals surface area (Å²) in [6, 6.07) is 10.8. The fourth-order valence-corrected chi connectivity index (χ4v) is 2.41.